The number of carbonyl (C=O) groups excluding carboxylic acids is 1. The third kappa shape index (κ3) is 3.97. The van der Waals surface area contributed by atoms with Crippen LogP contribution in [-0.4, -0.2) is 41.1 Å². The maximum absolute atomic E-state index is 12.3. The molecule has 1 fully saturated rings. The Kier molecular flexibility index (Phi) is 4.83. The molecule has 0 aliphatic carbocycles. The first-order chi connectivity index (χ1) is 9.97. The number of hydrogen-bond acceptors (Lipinski definition) is 3. The van der Waals surface area contributed by atoms with Gasteiger partial charge in [0.15, 0.2) is 6.10 Å². The summed E-state index contributed by atoms with van der Waals surface area (Å²) in [6, 6.07) is 7.51. The molecule has 1 saturated heterocycles. The van der Waals surface area contributed by atoms with Gasteiger partial charge in [0.1, 0.15) is 5.75 Å². The van der Waals surface area contributed by atoms with Crippen LogP contribution in [0.4, 0.5) is 0 Å². The Morgan fingerprint density at radius 1 is 1.33 bits per heavy atom. The number of carbonyl (C=O) groups is 2. The number of nitrogens with zero attached hydrogens (tertiary/aromatic N) is 1. The van der Waals surface area contributed by atoms with Gasteiger partial charge in [0.2, 0.25) is 0 Å². The van der Waals surface area contributed by atoms with Crippen molar-refractivity contribution in [3.05, 3.63) is 29.8 Å². The van der Waals surface area contributed by atoms with Crippen LogP contribution in [0.5, 0.6) is 5.75 Å². The Bertz CT molecular complexity index is 512. The van der Waals surface area contributed by atoms with Gasteiger partial charge in [-0.3, -0.25) is 9.59 Å². The first-order valence-corrected chi connectivity index (χ1v) is 7.22. The number of piperidine rings is 1. The average molecular weight is 291 g/mol. The molecule has 1 N–H and O–H groups in total. The molecule has 0 radical (unpaired) electrons. The topological polar surface area (TPSA) is 66.8 Å². The zero-order valence-corrected chi connectivity index (χ0v) is 12.4. The Morgan fingerprint density at radius 2 is 2.00 bits per heavy atom. The summed E-state index contributed by atoms with van der Waals surface area (Å²) in [6.45, 7) is 4.56. The summed E-state index contributed by atoms with van der Waals surface area (Å²) in [7, 11) is 0. The predicted octanol–water partition coefficient (Wildman–Crippen LogP) is 2.09. The van der Waals surface area contributed by atoms with Crippen LogP contribution < -0.4 is 4.74 Å². The summed E-state index contributed by atoms with van der Waals surface area (Å²) in [4.78, 5) is 25.0. The Balaban J connectivity index is 1.95. The van der Waals surface area contributed by atoms with Crippen molar-refractivity contribution in [3.8, 4) is 5.75 Å². The molecule has 0 aromatic heterocycles. The smallest absolute Gasteiger partial charge is 0.308 e. The molecule has 1 aromatic rings. The Morgan fingerprint density at radius 3 is 2.62 bits per heavy atom. The number of carboxylic acid groups (broad SMARTS) is 1. The summed E-state index contributed by atoms with van der Waals surface area (Å²) in [5.74, 6) is -0.802. The van der Waals surface area contributed by atoms with Crippen molar-refractivity contribution in [2.24, 2.45) is 5.92 Å². The molecule has 5 heteroatoms. The van der Waals surface area contributed by atoms with Gasteiger partial charge in [-0.2, -0.15) is 0 Å². The van der Waals surface area contributed by atoms with E-state index in [2.05, 4.69) is 0 Å². The van der Waals surface area contributed by atoms with Crippen LogP contribution in [0.2, 0.25) is 0 Å². The maximum atomic E-state index is 12.3. The fourth-order valence-electron chi connectivity index (χ4n) is 2.51. The quantitative estimate of drug-likeness (QED) is 0.922. The zero-order chi connectivity index (χ0) is 15.4. The van der Waals surface area contributed by atoms with Crippen LogP contribution in [0, 0.1) is 12.8 Å². The number of ether oxygens (including phenoxy) is 1. The lowest BCUT2D eigenvalue weighted by Gasteiger charge is -2.32. The highest BCUT2D eigenvalue weighted by atomic mass is 16.5. The molecular formula is C16H21NO4. The molecule has 0 saturated carbocycles. The maximum Gasteiger partial charge on any atom is 0.308 e. The van der Waals surface area contributed by atoms with Crippen LogP contribution in [0.25, 0.3) is 0 Å². The lowest BCUT2D eigenvalue weighted by molar-refractivity contribution is -0.147. The second-order valence-electron chi connectivity index (χ2n) is 5.53. The first kappa shape index (κ1) is 15.4. The predicted molar refractivity (Wildman–Crippen MR) is 78.2 cm³/mol. The fraction of sp³-hybridized carbons (Fsp3) is 0.500. The average Bonchev–Trinajstić information content (AvgIpc) is 2.49. The largest absolute Gasteiger partial charge is 0.481 e. The van der Waals surface area contributed by atoms with E-state index in [1.54, 1.807) is 11.8 Å². The third-order valence-corrected chi connectivity index (χ3v) is 3.76. The van der Waals surface area contributed by atoms with Crippen molar-refractivity contribution in [1.82, 2.24) is 4.90 Å². The zero-order valence-electron chi connectivity index (χ0n) is 12.4. The van der Waals surface area contributed by atoms with Gasteiger partial charge in [0.25, 0.3) is 5.91 Å². The van der Waals surface area contributed by atoms with Crippen molar-refractivity contribution in [3.63, 3.8) is 0 Å². The van der Waals surface area contributed by atoms with E-state index in [1.165, 1.54) is 0 Å². The van der Waals surface area contributed by atoms with Gasteiger partial charge < -0.3 is 14.7 Å². The molecule has 1 aliphatic rings. The van der Waals surface area contributed by atoms with Crippen LogP contribution >= 0.6 is 0 Å². The number of aliphatic carboxylic acids is 1. The van der Waals surface area contributed by atoms with E-state index in [1.807, 2.05) is 31.2 Å². The summed E-state index contributed by atoms with van der Waals surface area (Å²) < 4.78 is 5.64. The van der Waals surface area contributed by atoms with Crippen molar-refractivity contribution < 1.29 is 19.4 Å². The minimum atomic E-state index is -0.834. The molecule has 1 amide bonds. The van der Waals surface area contributed by atoms with Crippen molar-refractivity contribution >= 4 is 11.9 Å². The van der Waals surface area contributed by atoms with Gasteiger partial charge >= 0.3 is 5.97 Å². The van der Waals surface area contributed by atoms with E-state index in [-0.39, 0.29) is 12.5 Å². The minimum Gasteiger partial charge on any atom is -0.481 e. The number of carboxylic acids is 1. The summed E-state index contributed by atoms with van der Waals surface area (Å²) >= 11 is 0. The third-order valence-electron chi connectivity index (χ3n) is 3.76. The van der Waals surface area contributed by atoms with E-state index in [0.29, 0.717) is 18.7 Å². The number of amides is 1. The summed E-state index contributed by atoms with van der Waals surface area (Å²) in [6.07, 6.45) is 0.743. The Hall–Kier alpha value is -2.04. The van der Waals surface area contributed by atoms with E-state index < -0.39 is 18.0 Å². The highest BCUT2D eigenvalue weighted by Crippen LogP contribution is 2.19. The minimum absolute atomic E-state index is 0.151. The number of benzene rings is 1. The molecule has 21 heavy (non-hydrogen) atoms. The lowest BCUT2D eigenvalue weighted by atomic mass is 9.98. The van der Waals surface area contributed by atoms with Gasteiger partial charge in [0, 0.05) is 13.1 Å². The van der Waals surface area contributed by atoms with Crippen LogP contribution in [0.15, 0.2) is 24.3 Å². The molecule has 2 atom stereocenters. The van der Waals surface area contributed by atoms with E-state index in [9.17, 15) is 9.59 Å². The van der Waals surface area contributed by atoms with Gasteiger partial charge in [-0.05, 0) is 38.8 Å². The molecule has 114 valence electrons. The van der Waals surface area contributed by atoms with Gasteiger partial charge in [-0.1, -0.05) is 17.7 Å². The molecule has 1 heterocycles. The van der Waals surface area contributed by atoms with E-state index >= 15 is 0 Å². The highest BCUT2D eigenvalue weighted by molar-refractivity contribution is 5.82. The van der Waals surface area contributed by atoms with Crippen LogP contribution in [0.3, 0.4) is 0 Å². The molecule has 1 aromatic carbocycles. The molecule has 0 spiro atoms. The second kappa shape index (κ2) is 6.61. The molecular weight excluding hydrogens is 270 g/mol. The van der Waals surface area contributed by atoms with Gasteiger partial charge in [0.05, 0.1) is 5.92 Å². The monoisotopic (exact) mass is 291 g/mol. The number of hydrogen-bond donors (Lipinski definition) is 1. The van der Waals surface area contributed by atoms with E-state index in [4.69, 9.17) is 9.84 Å². The highest BCUT2D eigenvalue weighted by Gasteiger charge is 2.30. The number of aryl methyl sites for hydroxylation is 1. The molecule has 1 aliphatic heterocycles. The number of rotatable bonds is 4. The molecule has 0 bridgehead atoms. The van der Waals surface area contributed by atoms with Gasteiger partial charge in [-0.15, -0.1) is 0 Å². The number of likely N-dealkylation sites (tertiary alicyclic amines) is 1. The van der Waals surface area contributed by atoms with Crippen molar-refractivity contribution in [2.45, 2.75) is 32.8 Å². The molecule has 1 unspecified atom stereocenters. The standard InChI is InChI=1S/C16H21NO4/c1-11-5-7-14(8-6-11)21-12(2)15(18)17-9-3-4-13(10-17)16(19)20/h5-8,12-13H,3-4,9-10H2,1-2H3,(H,19,20)/t12?,13-/m0/s1. The summed E-state index contributed by atoms with van der Waals surface area (Å²) in [5, 5.41) is 9.07. The normalized spacial score (nSPS) is 19.9. The second-order valence-corrected chi connectivity index (χ2v) is 5.53. The van der Waals surface area contributed by atoms with Crippen molar-refractivity contribution in [1.29, 1.82) is 0 Å². The van der Waals surface area contributed by atoms with Crippen LogP contribution in [0.1, 0.15) is 25.3 Å². The molecule has 2 rings (SSSR count). The van der Waals surface area contributed by atoms with E-state index in [0.717, 1.165) is 12.0 Å². The summed E-state index contributed by atoms with van der Waals surface area (Å²) in [5.41, 5.74) is 1.13. The van der Waals surface area contributed by atoms with Crippen LogP contribution in [-0.2, 0) is 9.59 Å². The fourth-order valence-corrected chi connectivity index (χ4v) is 2.51. The van der Waals surface area contributed by atoms with Crippen molar-refractivity contribution in [2.75, 3.05) is 13.1 Å². The lowest BCUT2D eigenvalue weighted by Crippen LogP contribution is -2.47. The first-order valence-electron chi connectivity index (χ1n) is 7.22. The SMILES string of the molecule is Cc1ccc(OC(C)C(=O)N2CCC[C@H](C(=O)O)C2)cc1. The van der Waals surface area contributed by atoms with Gasteiger partial charge in [-0.25, -0.2) is 0 Å². The Labute approximate surface area is 124 Å². The molecule has 5 nitrogen and oxygen atoms in total.